The molecule has 0 aliphatic heterocycles. The van der Waals surface area contributed by atoms with Crippen molar-refractivity contribution in [3.63, 3.8) is 0 Å². The van der Waals surface area contributed by atoms with E-state index in [0.717, 1.165) is 5.56 Å². The van der Waals surface area contributed by atoms with Gasteiger partial charge in [-0.1, -0.05) is 29.3 Å². The molecular weight excluding hydrogens is 356 g/mol. The highest BCUT2D eigenvalue weighted by Gasteiger charge is 2.06. The Morgan fingerprint density at radius 1 is 1.33 bits per heavy atom. The van der Waals surface area contributed by atoms with Crippen LogP contribution in [0.15, 0.2) is 46.0 Å². The van der Waals surface area contributed by atoms with E-state index >= 15 is 0 Å². The van der Waals surface area contributed by atoms with E-state index in [2.05, 4.69) is 26.5 Å². The molecule has 2 N–H and O–H groups in total. The van der Waals surface area contributed by atoms with Gasteiger partial charge >= 0.3 is 0 Å². The molecule has 0 saturated heterocycles. The summed E-state index contributed by atoms with van der Waals surface area (Å²) < 4.78 is 0.460. The molecule has 0 aliphatic rings. The second kappa shape index (κ2) is 6.74. The highest BCUT2D eigenvalue weighted by atomic mass is 79.9. The van der Waals surface area contributed by atoms with Crippen molar-refractivity contribution in [1.29, 1.82) is 0 Å². The van der Waals surface area contributed by atoms with Crippen LogP contribution in [-0.2, 0) is 0 Å². The lowest BCUT2D eigenvalue weighted by atomic mass is 10.1. The van der Waals surface area contributed by atoms with Gasteiger partial charge in [-0.15, -0.1) is 0 Å². The number of carbonyl (C=O) groups excluding carboxylic acids is 1. The quantitative estimate of drug-likeness (QED) is 0.639. The summed E-state index contributed by atoms with van der Waals surface area (Å²) in [5.74, 6) is -0.320. The van der Waals surface area contributed by atoms with E-state index in [9.17, 15) is 9.90 Å². The molecule has 108 valence electrons. The van der Waals surface area contributed by atoms with Crippen LogP contribution in [0.4, 0.5) is 0 Å². The monoisotopic (exact) mass is 366 g/mol. The second-order valence-corrected chi connectivity index (χ2v) is 5.68. The number of benzene rings is 2. The van der Waals surface area contributed by atoms with Crippen molar-refractivity contribution in [2.75, 3.05) is 0 Å². The number of phenolic OH excluding ortho intramolecular Hbond substituents is 1. The van der Waals surface area contributed by atoms with Gasteiger partial charge in [0, 0.05) is 16.1 Å². The molecule has 0 aliphatic carbocycles. The molecule has 0 heterocycles. The van der Waals surface area contributed by atoms with Gasteiger partial charge in [-0.3, -0.25) is 4.79 Å². The second-order valence-electron chi connectivity index (χ2n) is 4.39. The molecule has 0 spiro atoms. The van der Waals surface area contributed by atoms with Gasteiger partial charge in [-0.2, -0.15) is 5.10 Å². The molecular formula is C15H12BrClN2O2. The number of halogens is 2. The number of hydrogen-bond donors (Lipinski definition) is 2. The topological polar surface area (TPSA) is 61.7 Å². The Bertz CT molecular complexity index is 700. The molecule has 0 atom stereocenters. The third-order valence-electron chi connectivity index (χ3n) is 2.74. The first-order valence-electron chi connectivity index (χ1n) is 6.05. The molecule has 0 fully saturated rings. The number of hydrazone groups is 1. The van der Waals surface area contributed by atoms with Gasteiger partial charge in [0.05, 0.1) is 10.7 Å². The molecule has 6 heteroatoms. The predicted molar refractivity (Wildman–Crippen MR) is 87.1 cm³/mol. The van der Waals surface area contributed by atoms with Crippen molar-refractivity contribution in [3.8, 4) is 5.75 Å². The summed E-state index contributed by atoms with van der Waals surface area (Å²) in [5.41, 5.74) is 4.38. The summed E-state index contributed by atoms with van der Waals surface area (Å²) in [4.78, 5) is 11.8. The van der Waals surface area contributed by atoms with Crippen LogP contribution in [0.3, 0.4) is 0 Å². The number of phenols is 1. The maximum absolute atomic E-state index is 11.8. The SMILES string of the molecule is Cc1ccc(C(=O)N/N=C/c2cc(Cl)cc(Br)c2O)cc1. The van der Waals surface area contributed by atoms with Crippen LogP contribution in [-0.4, -0.2) is 17.2 Å². The maximum atomic E-state index is 11.8. The number of nitrogens with one attached hydrogen (secondary N) is 1. The average molecular weight is 368 g/mol. The summed E-state index contributed by atoms with van der Waals surface area (Å²) in [6, 6.07) is 10.2. The van der Waals surface area contributed by atoms with E-state index in [1.165, 1.54) is 6.21 Å². The van der Waals surface area contributed by atoms with Crippen molar-refractivity contribution in [1.82, 2.24) is 5.43 Å². The Kier molecular flexibility index (Phi) is 4.98. The van der Waals surface area contributed by atoms with Gasteiger partial charge in [-0.05, 0) is 47.1 Å². The molecule has 1 amide bonds. The van der Waals surface area contributed by atoms with Gasteiger partial charge in [0.25, 0.3) is 5.91 Å². The molecule has 2 aromatic carbocycles. The molecule has 21 heavy (non-hydrogen) atoms. The first-order valence-corrected chi connectivity index (χ1v) is 7.22. The van der Waals surface area contributed by atoms with E-state index in [0.29, 0.717) is 20.6 Å². The highest BCUT2D eigenvalue weighted by molar-refractivity contribution is 9.10. The number of amides is 1. The van der Waals surface area contributed by atoms with Gasteiger partial charge in [0.15, 0.2) is 0 Å². The molecule has 0 bridgehead atoms. The fourth-order valence-corrected chi connectivity index (χ4v) is 2.45. The molecule has 2 aromatic rings. The Hall–Kier alpha value is -1.85. The van der Waals surface area contributed by atoms with E-state index in [4.69, 9.17) is 11.6 Å². The predicted octanol–water partition coefficient (Wildman–Crippen LogP) is 3.88. The van der Waals surface area contributed by atoms with Crippen LogP contribution in [0, 0.1) is 6.92 Å². The summed E-state index contributed by atoms with van der Waals surface area (Å²) in [6.07, 6.45) is 1.33. The minimum absolute atomic E-state index is 0.00716. The van der Waals surface area contributed by atoms with E-state index in [1.807, 2.05) is 19.1 Å². The third kappa shape index (κ3) is 4.06. The van der Waals surface area contributed by atoms with Crippen molar-refractivity contribution >= 4 is 39.7 Å². The van der Waals surface area contributed by atoms with Crippen LogP contribution in [0.1, 0.15) is 21.5 Å². The Morgan fingerprint density at radius 3 is 2.67 bits per heavy atom. The average Bonchev–Trinajstić information content (AvgIpc) is 2.44. The molecule has 0 saturated carbocycles. The Labute approximate surface area is 135 Å². The van der Waals surface area contributed by atoms with Crippen LogP contribution < -0.4 is 5.43 Å². The summed E-state index contributed by atoms with van der Waals surface area (Å²) in [6.45, 7) is 1.94. The van der Waals surface area contributed by atoms with Crippen LogP contribution in [0.25, 0.3) is 0 Å². The van der Waals surface area contributed by atoms with Crippen LogP contribution >= 0.6 is 27.5 Å². The van der Waals surface area contributed by atoms with Crippen LogP contribution in [0.5, 0.6) is 5.75 Å². The van der Waals surface area contributed by atoms with Gasteiger partial charge in [-0.25, -0.2) is 5.43 Å². The molecule has 0 radical (unpaired) electrons. The van der Waals surface area contributed by atoms with E-state index in [-0.39, 0.29) is 11.7 Å². The molecule has 0 unspecified atom stereocenters. The number of carbonyl (C=O) groups is 1. The van der Waals surface area contributed by atoms with Gasteiger partial charge in [0.1, 0.15) is 5.75 Å². The minimum Gasteiger partial charge on any atom is -0.506 e. The first kappa shape index (κ1) is 15.5. The first-order chi connectivity index (χ1) is 9.97. The third-order valence-corrected chi connectivity index (χ3v) is 3.56. The summed E-state index contributed by atoms with van der Waals surface area (Å²) >= 11 is 9.06. The van der Waals surface area contributed by atoms with Crippen molar-refractivity contribution < 1.29 is 9.90 Å². The van der Waals surface area contributed by atoms with E-state index in [1.54, 1.807) is 24.3 Å². The fourth-order valence-electron chi connectivity index (χ4n) is 1.61. The molecule has 2 rings (SSSR count). The number of hydrogen-bond acceptors (Lipinski definition) is 3. The number of aromatic hydroxyl groups is 1. The maximum Gasteiger partial charge on any atom is 0.271 e. The van der Waals surface area contributed by atoms with Gasteiger partial charge in [0.2, 0.25) is 0 Å². The molecule has 0 aromatic heterocycles. The minimum atomic E-state index is -0.327. The largest absolute Gasteiger partial charge is 0.506 e. The zero-order valence-electron chi connectivity index (χ0n) is 11.1. The Balaban J connectivity index is 2.09. The van der Waals surface area contributed by atoms with Crippen LogP contribution in [0.2, 0.25) is 5.02 Å². The van der Waals surface area contributed by atoms with Crippen molar-refractivity contribution in [2.45, 2.75) is 6.92 Å². The smallest absolute Gasteiger partial charge is 0.271 e. The normalized spacial score (nSPS) is 10.8. The summed E-state index contributed by atoms with van der Waals surface area (Å²) in [7, 11) is 0. The Morgan fingerprint density at radius 2 is 2.00 bits per heavy atom. The lowest BCUT2D eigenvalue weighted by Gasteiger charge is -2.03. The zero-order valence-corrected chi connectivity index (χ0v) is 13.4. The lowest BCUT2D eigenvalue weighted by molar-refractivity contribution is 0.0955. The van der Waals surface area contributed by atoms with Crippen molar-refractivity contribution in [2.24, 2.45) is 5.10 Å². The van der Waals surface area contributed by atoms with Crippen molar-refractivity contribution in [3.05, 3.63) is 62.6 Å². The van der Waals surface area contributed by atoms with Gasteiger partial charge < -0.3 is 5.11 Å². The highest BCUT2D eigenvalue weighted by Crippen LogP contribution is 2.30. The standard InChI is InChI=1S/C15H12BrClN2O2/c1-9-2-4-10(5-3-9)15(21)19-18-8-11-6-12(17)7-13(16)14(11)20/h2-8,20H,1H3,(H,19,21)/b18-8+. The number of nitrogens with zero attached hydrogens (tertiary/aromatic N) is 1. The lowest BCUT2D eigenvalue weighted by Crippen LogP contribution is -2.17. The molecule has 4 nitrogen and oxygen atoms in total. The summed E-state index contributed by atoms with van der Waals surface area (Å²) in [5, 5.41) is 14.1. The number of aryl methyl sites for hydroxylation is 1. The zero-order chi connectivity index (χ0) is 15.4. The fraction of sp³-hybridized carbons (Fsp3) is 0.0667. The number of rotatable bonds is 3. The van der Waals surface area contributed by atoms with E-state index < -0.39 is 0 Å².